The molecule has 1 saturated carbocycles. The first-order valence-corrected chi connectivity index (χ1v) is 16.5. The van der Waals surface area contributed by atoms with Crippen molar-refractivity contribution in [3.8, 4) is 0 Å². The molecule has 1 aliphatic rings. The van der Waals surface area contributed by atoms with Crippen LogP contribution >= 0.6 is 32.8 Å². The van der Waals surface area contributed by atoms with Crippen molar-refractivity contribution in [2.24, 2.45) is 5.41 Å². The molecule has 226 valence electrons. The Bertz CT molecular complexity index is 812. The first-order valence-electron chi connectivity index (χ1n) is 13.7. The minimum atomic E-state index is -0.901. The van der Waals surface area contributed by atoms with Crippen LogP contribution in [0.1, 0.15) is 74.1 Å². The summed E-state index contributed by atoms with van der Waals surface area (Å²) in [7, 11) is 2.71. The number of hydrogen-bond acceptors (Lipinski definition) is 8. The fourth-order valence-electron chi connectivity index (χ4n) is 3.64. The van der Waals surface area contributed by atoms with Crippen LogP contribution in [0.4, 0.5) is 0 Å². The predicted molar refractivity (Wildman–Crippen MR) is 165 cm³/mol. The molecule has 1 fully saturated rings. The Hall–Kier alpha value is -0.870. The van der Waals surface area contributed by atoms with E-state index >= 15 is 0 Å². The van der Waals surface area contributed by atoms with Crippen LogP contribution in [0.5, 0.6) is 0 Å². The molecule has 0 saturated heterocycles. The number of carboxylic acids is 1. The highest BCUT2D eigenvalue weighted by Gasteiger charge is 2.37. The third-order valence-corrected chi connectivity index (χ3v) is 10.0. The van der Waals surface area contributed by atoms with Crippen molar-refractivity contribution in [1.29, 1.82) is 0 Å². The monoisotopic (exact) mass is 607 g/mol. The zero-order valence-corrected chi connectivity index (χ0v) is 27.4. The molecule has 0 heterocycles. The van der Waals surface area contributed by atoms with Gasteiger partial charge in [0.05, 0.1) is 17.6 Å². The molecule has 39 heavy (non-hydrogen) atoms. The second-order valence-corrected chi connectivity index (χ2v) is 15.6. The number of carbonyl (C=O) groups is 4. The number of aliphatic carboxylic acids is 1. The Morgan fingerprint density at radius 2 is 1.62 bits per heavy atom. The highest BCUT2D eigenvalue weighted by atomic mass is 32.2. The van der Waals surface area contributed by atoms with Gasteiger partial charge in [-0.1, -0.05) is 20.8 Å². The third-order valence-electron chi connectivity index (χ3n) is 6.47. The molecule has 0 bridgehead atoms. The van der Waals surface area contributed by atoms with Crippen LogP contribution in [-0.2, 0) is 23.9 Å². The number of nitrogens with one attached hydrogen (secondary N) is 3. The van der Waals surface area contributed by atoms with Gasteiger partial charge in [-0.05, 0) is 52.6 Å². The van der Waals surface area contributed by atoms with Gasteiger partial charge in [0.25, 0.3) is 0 Å². The number of rotatable bonds is 20. The van der Waals surface area contributed by atoms with Gasteiger partial charge in [-0.25, -0.2) is 0 Å². The standard InChI is InChI=1S/C27H50N3O6PS2/c1-17(2)29-20(24(33)34)15-39-22-9-8-21(22)38-14-19(23(32)28-12-10-18(3)37)30-25(35)26(4,5)16-36-27(6,7)11-13-31/h13,17-22,29H,8-12,14-16,37H2,1-7H3,(H,28,32)(H,30,35)(H,33,34). The number of aldehydes is 1. The van der Waals surface area contributed by atoms with E-state index in [-0.39, 0.29) is 30.9 Å². The lowest BCUT2D eigenvalue weighted by Gasteiger charge is -2.37. The average molecular weight is 608 g/mol. The maximum Gasteiger partial charge on any atom is 0.321 e. The zero-order valence-electron chi connectivity index (χ0n) is 24.6. The molecule has 0 aromatic carbocycles. The van der Waals surface area contributed by atoms with E-state index in [4.69, 9.17) is 4.74 Å². The summed E-state index contributed by atoms with van der Waals surface area (Å²) >= 11 is 3.32. The summed E-state index contributed by atoms with van der Waals surface area (Å²) in [5, 5.41) is 19.1. The van der Waals surface area contributed by atoms with Gasteiger partial charge in [-0.3, -0.25) is 14.4 Å². The molecule has 0 radical (unpaired) electrons. The molecule has 0 aromatic rings. The Balaban J connectivity index is 2.78. The van der Waals surface area contributed by atoms with Gasteiger partial charge in [0.15, 0.2) is 0 Å². The van der Waals surface area contributed by atoms with Crippen LogP contribution in [-0.4, -0.2) is 93.7 Å². The number of carboxylic acid groups (broad SMARTS) is 1. The molecule has 2 amide bonds. The van der Waals surface area contributed by atoms with Crippen LogP contribution in [0.2, 0.25) is 0 Å². The summed E-state index contributed by atoms with van der Waals surface area (Å²) in [6, 6.07) is -1.22. The fraction of sp³-hybridized carbons (Fsp3) is 0.852. The summed E-state index contributed by atoms with van der Waals surface area (Å²) in [4.78, 5) is 48.8. The molecular formula is C27H50N3O6PS2. The highest BCUT2D eigenvalue weighted by Crippen LogP contribution is 2.40. The van der Waals surface area contributed by atoms with E-state index in [1.54, 1.807) is 51.2 Å². The van der Waals surface area contributed by atoms with E-state index in [1.165, 1.54) is 0 Å². The molecule has 0 spiro atoms. The second-order valence-electron chi connectivity index (χ2n) is 11.9. The minimum absolute atomic E-state index is 0.0844. The van der Waals surface area contributed by atoms with Crippen LogP contribution in [0, 0.1) is 5.41 Å². The predicted octanol–water partition coefficient (Wildman–Crippen LogP) is 3.10. The van der Waals surface area contributed by atoms with Crippen molar-refractivity contribution in [3.63, 3.8) is 0 Å². The molecule has 12 heteroatoms. The Kier molecular flexibility index (Phi) is 15.9. The van der Waals surface area contributed by atoms with E-state index in [0.717, 1.165) is 25.5 Å². The van der Waals surface area contributed by atoms with Crippen molar-refractivity contribution in [2.75, 3.05) is 24.7 Å². The van der Waals surface area contributed by atoms with Gasteiger partial charge < -0.3 is 30.6 Å². The van der Waals surface area contributed by atoms with Crippen LogP contribution in [0.25, 0.3) is 0 Å². The molecule has 1 rings (SSSR count). The number of ether oxygens (including phenoxy) is 1. The lowest BCUT2D eigenvalue weighted by molar-refractivity contribution is -0.140. The summed E-state index contributed by atoms with van der Waals surface area (Å²) in [5.41, 5.74) is -1.21. The Morgan fingerprint density at radius 3 is 2.08 bits per heavy atom. The highest BCUT2D eigenvalue weighted by molar-refractivity contribution is 8.04. The van der Waals surface area contributed by atoms with E-state index in [9.17, 15) is 24.3 Å². The van der Waals surface area contributed by atoms with Gasteiger partial charge in [0.1, 0.15) is 18.4 Å². The Labute approximate surface area is 245 Å². The molecule has 6 unspecified atom stereocenters. The van der Waals surface area contributed by atoms with Gasteiger partial charge in [-0.2, -0.15) is 23.5 Å². The van der Waals surface area contributed by atoms with Crippen LogP contribution in [0.3, 0.4) is 0 Å². The smallest absolute Gasteiger partial charge is 0.321 e. The Morgan fingerprint density at radius 1 is 1.05 bits per heavy atom. The topological polar surface area (TPSA) is 134 Å². The quantitative estimate of drug-likeness (QED) is 0.122. The van der Waals surface area contributed by atoms with Crippen molar-refractivity contribution in [1.82, 2.24) is 16.0 Å². The number of hydrogen-bond donors (Lipinski definition) is 4. The van der Waals surface area contributed by atoms with E-state index in [2.05, 4.69) is 32.1 Å². The van der Waals surface area contributed by atoms with Crippen LogP contribution < -0.4 is 16.0 Å². The molecule has 0 aliphatic heterocycles. The molecule has 4 N–H and O–H groups in total. The lowest BCUT2D eigenvalue weighted by atomic mass is 9.92. The van der Waals surface area contributed by atoms with Crippen molar-refractivity contribution < 1.29 is 29.0 Å². The van der Waals surface area contributed by atoms with Gasteiger partial charge in [0, 0.05) is 41.0 Å². The first kappa shape index (κ1) is 36.2. The molecule has 9 nitrogen and oxygen atoms in total. The van der Waals surface area contributed by atoms with Gasteiger partial charge in [0.2, 0.25) is 11.8 Å². The fourth-order valence-corrected chi connectivity index (χ4v) is 6.93. The van der Waals surface area contributed by atoms with E-state index in [1.807, 2.05) is 13.8 Å². The molecule has 1 aliphatic carbocycles. The maximum absolute atomic E-state index is 13.2. The summed E-state index contributed by atoms with van der Waals surface area (Å²) in [6.45, 7) is 13.7. The SMILES string of the molecule is CC(P)CCNC(=O)C(CSC1CCC1SCC(NC(C)C)C(=O)O)NC(=O)C(C)(C)COC(C)(C)CC=O. The normalized spacial score (nSPS) is 20.0. The molecule has 6 atom stereocenters. The number of amides is 2. The number of thioether (sulfide) groups is 2. The maximum atomic E-state index is 13.2. The first-order chi connectivity index (χ1) is 18.1. The number of carbonyl (C=O) groups excluding carboxylic acids is 3. The molecular weight excluding hydrogens is 557 g/mol. The van der Waals surface area contributed by atoms with Crippen LogP contribution in [0.15, 0.2) is 0 Å². The average Bonchev–Trinajstić information content (AvgIpc) is 2.80. The molecule has 0 aromatic heterocycles. The largest absolute Gasteiger partial charge is 0.480 e. The van der Waals surface area contributed by atoms with Gasteiger partial charge >= 0.3 is 5.97 Å². The summed E-state index contributed by atoms with van der Waals surface area (Å²) in [6.07, 6.45) is 3.84. The summed E-state index contributed by atoms with van der Waals surface area (Å²) in [5.74, 6) is -0.434. The summed E-state index contributed by atoms with van der Waals surface area (Å²) < 4.78 is 5.86. The van der Waals surface area contributed by atoms with E-state index < -0.39 is 29.1 Å². The second kappa shape index (κ2) is 17.2. The zero-order chi connectivity index (χ0) is 29.8. The van der Waals surface area contributed by atoms with Crippen molar-refractivity contribution in [3.05, 3.63) is 0 Å². The lowest BCUT2D eigenvalue weighted by Crippen LogP contribution is -2.53. The van der Waals surface area contributed by atoms with Gasteiger partial charge in [-0.15, -0.1) is 9.24 Å². The van der Waals surface area contributed by atoms with Crippen molar-refractivity contribution >= 4 is 56.8 Å². The van der Waals surface area contributed by atoms with E-state index in [0.29, 0.717) is 34.2 Å². The third kappa shape index (κ3) is 14.0. The van der Waals surface area contributed by atoms with Crippen molar-refractivity contribution in [2.45, 2.75) is 114 Å². The minimum Gasteiger partial charge on any atom is -0.480 e.